The number of rotatable bonds is 7. The highest BCUT2D eigenvalue weighted by molar-refractivity contribution is 7.80. The van der Waals surface area contributed by atoms with Gasteiger partial charge in [0.1, 0.15) is 0 Å². The molecule has 3 rings (SSSR count). The molecule has 1 atom stereocenters. The van der Waals surface area contributed by atoms with E-state index in [2.05, 4.69) is 59.9 Å². The molecule has 1 aliphatic carbocycles. The Morgan fingerprint density at radius 3 is 2.86 bits per heavy atom. The van der Waals surface area contributed by atoms with Crippen molar-refractivity contribution >= 4 is 40.4 Å². The summed E-state index contributed by atoms with van der Waals surface area (Å²) in [6.45, 7) is 8.40. The number of nitrogens with one attached hydrogen (secondary N) is 4. The zero-order chi connectivity index (χ0) is 21.2. The van der Waals surface area contributed by atoms with Crippen LogP contribution < -0.4 is 16.0 Å². The summed E-state index contributed by atoms with van der Waals surface area (Å²) >= 11 is 5.41. The summed E-state index contributed by atoms with van der Waals surface area (Å²) in [6, 6.07) is 7.08. The number of benzene rings is 1. The molecule has 7 heteroatoms. The first-order valence-electron chi connectivity index (χ1n) is 10.5. The van der Waals surface area contributed by atoms with Crippen molar-refractivity contribution in [1.29, 1.82) is 0 Å². The maximum Gasteiger partial charge on any atom is 0.290 e. The lowest BCUT2D eigenvalue weighted by molar-refractivity contribution is -0.122. The van der Waals surface area contributed by atoms with E-state index in [1.165, 1.54) is 35.0 Å². The number of carbonyl (C=O) groups is 1. The number of unbranched alkanes of at least 4 members (excludes halogenated alkanes) is 1. The quantitative estimate of drug-likeness (QED) is 0.265. The second-order valence-electron chi connectivity index (χ2n) is 7.85. The number of aryl methyl sites for hydroxylation is 1. The highest BCUT2D eigenvalue weighted by atomic mass is 32.1. The molecule has 0 bridgehead atoms. The van der Waals surface area contributed by atoms with Gasteiger partial charge in [0, 0.05) is 34.9 Å². The molecule has 0 saturated carbocycles. The summed E-state index contributed by atoms with van der Waals surface area (Å²) in [5, 5.41) is 19.2. The van der Waals surface area contributed by atoms with E-state index < -0.39 is 0 Å². The standard InChI is InChI=1S/C21H32N4S.CH2O2/c1-4-5-10-22-21(26)24-16-7-9-20-18(12-16)17-11-15(13-23-14(2)3)6-8-19(17)25-20;2-1-3/h7,9,12,14-15,23,25H,4-6,8,10-11,13H2,1-3H3,(H2,22,24,26);1H,(H,2,3). The van der Waals surface area contributed by atoms with Gasteiger partial charge in [0.05, 0.1) is 0 Å². The number of aromatic nitrogens is 1. The average Bonchev–Trinajstić information content (AvgIpc) is 3.04. The van der Waals surface area contributed by atoms with Crippen molar-refractivity contribution in [1.82, 2.24) is 15.6 Å². The Morgan fingerprint density at radius 2 is 2.17 bits per heavy atom. The summed E-state index contributed by atoms with van der Waals surface area (Å²) in [5.41, 5.74) is 5.22. The van der Waals surface area contributed by atoms with Gasteiger partial charge in [-0.05, 0) is 74.1 Å². The number of hydrogen-bond acceptors (Lipinski definition) is 3. The molecular formula is C22H34N4O2S. The fraction of sp³-hybridized carbons (Fsp3) is 0.545. The molecule has 1 aromatic carbocycles. The molecule has 160 valence electrons. The van der Waals surface area contributed by atoms with Crippen molar-refractivity contribution in [3.05, 3.63) is 29.5 Å². The molecule has 0 radical (unpaired) electrons. The Bertz CT molecular complexity index is 803. The number of fused-ring (bicyclic) bond motifs is 3. The van der Waals surface area contributed by atoms with Gasteiger partial charge in [-0.15, -0.1) is 0 Å². The van der Waals surface area contributed by atoms with Crippen LogP contribution >= 0.6 is 12.2 Å². The molecule has 0 aliphatic heterocycles. The largest absolute Gasteiger partial charge is 0.483 e. The first-order chi connectivity index (χ1) is 14.0. The third-order valence-electron chi connectivity index (χ3n) is 5.18. The molecule has 6 nitrogen and oxygen atoms in total. The first kappa shape index (κ1) is 23.2. The zero-order valence-electron chi connectivity index (χ0n) is 17.7. The molecule has 0 spiro atoms. The van der Waals surface area contributed by atoms with E-state index in [1.807, 2.05) is 0 Å². The Labute approximate surface area is 178 Å². The summed E-state index contributed by atoms with van der Waals surface area (Å²) in [4.78, 5) is 12.0. The van der Waals surface area contributed by atoms with Crippen LogP contribution in [-0.4, -0.2) is 40.8 Å². The first-order valence-corrected chi connectivity index (χ1v) is 10.9. The number of H-pyrrole nitrogens is 1. The van der Waals surface area contributed by atoms with Crippen LogP contribution in [0.4, 0.5) is 5.69 Å². The molecule has 5 N–H and O–H groups in total. The molecule has 2 aromatic rings. The van der Waals surface area contributed by atoms with Crippen LogP contribution in [-0.2, 0) is 17.6 Å². The molecule has 0 amide bonds. The monoisotopic (exact) mass is 418 g/mol. The van der Waals surface area contributed by atoms with E-state index in [0.717, 1.165) is 44.0 Å². The SMILES string of the molecule is CCCCNC(=S)Nc1ccc2[nH]c3c(c2c1)CC(CNC(C)C)CC3.O=CO. The third kappa shape index (κ3) is 7.01. The zero-order valence-corrected chi connectivity index (χ0v) is 18.5. The molecule has 1 unspecified atom stereocenters. The number of anilines is 1. The van der Waals surface area contributed by atoms with Crippen molar-refractivity contribution < 1.29 is 9.90 Å². The summed E-state index contributed by atoms with van der Waals surface area (Å²) in [5.74, 6) is 0.720. The van der Waals surface area contributed by atoms with Crippen molar-refractivity contribution in [2.45, 2.75) is 58.9 Å². The minimum absolute atomic E-state index is 0.250. The number of hydrogen-bond donors (Lipinski definition) is 5. The van der Waals surface area contributed by atoms with E-state index in [9.17, 15) is 0 Å². The maximum atomic E-state index is 8.36. The number of aromatic amines is 1. The predicted molar refractivity (Wildman–Crippen MR) is 125 cm³/mol. The Kier molecular flexibility index (Phi) is 9.41. The topological polar surface area (TPSA) is 89.2 Å². The second-order valence-corrected chi connectivity index (χ2v) is 8.26. The predicted octanol–water partition coefficient (Wildman–Crippen LogP) is 4.06. The molecule has 1 aromatic heterocycles. The van der Waals surface area contributed by atoms with Crippen molar-refractivity contribution in [3.8, 4) is 0 Å². The minimum atomic E-state index is -0.250. The van der Waals surface area contributed by atoms with Gasteiger partial charge in [0.15, 0.2) is 5.11 Å². The van der Waals surface area contributed by atoms with Gasteiger partial charge >= 0.3 is 0 Å². The van der Waals surface area contributed by atoms with Crippen LogP contribution in [0.3, 0.4) is 0 Å². The lowest BCUT2D eigenvalue weighted by atomic mass is 9.86. The van der Waals surface area contributed by atoms with E-state index in [1.54, 1.807) is 0 Å². The smallest absolute Gasteiger partial charge is 0.290 e. The molecule has 1 aliphatic rings. The second kappa shape index (κ2) is 11.8. The summed E-state index contributed by atoms with van der Waals surface area (Å²) < 4.78 is 0. The van der Waals surface area contributed by atoms with Crippen LogP contribution in [0.25, 0.3) is 10.9 Å². The van der Waals surface area contributed by atoms with E-state index in [4.69, 9.17) is 22.1 Å². The van der Waals surface area contributed by atoms with Gasteiger partial charge in [0.2, 0.25) is 0 Å². The fourth-order valence-electron chi connectivity index (χ4n) is 3.70. The van der Waals surface area contributed by atoms with Gasteiger partial charge in [0.25, 0.3) is 6.47 Å². The molecule has 29 heavy (non-hydrogen) atoms. The lowest BCUT2D eigenvalue weighted by Crippen LogP contribution is -2.31. The van der Waals surface area contributed by atoms with Gasteiger partial charge in [-0.2, -0.15) is 0 Å². The van der Waals surface area contributed by atoms with E-state index >= 15 is 0 Å². The molecular weight excluding hydrogens is 384 g/mol. The lowest BCUT2D eigenvalue weighted by Gasteiger charge is -2.24. The Hall–Kier alpha value is -2.12. The van der Waals surface area contributed by atoms with E-state index in [0.29, 0.717) is 11.2 Å². The Balaban J connectivity index is 0.000000941. The van der Waals surface area contributed by atoms with Crippen LogP contribution in [0.1, 0.15) is 51.3 Å². The van der Waals surface area contributed by atoms with Crippen LogP contribution in [0, 0.1) is 5.92 Å². The number of thiocarbonyl (C=S) groups is 1. The van der Waals surface area contributed by atoms with Crippen LogP contribution in [0.15, 0.2) is 18.2 Å². The number of carboxylic acid groups (broad SMARTS) is 1. The third-order valence-corrected chi connectivity index (χ3v) is 5.42. The molecule has 0 saturated heterocycles. The van der Waals surface area contributed by atoms with E-state index in [-0.39, 0.29) is 6.47 Å². The normalized spacial score (nSPS) is 15.4. The summed E-state index contributed by atoms with van der Waals surface area (Å²) in [7, 11) is 0. The van der Waals surface area contributed by atoms with Crippen LogP contribution in [0.2, 0.25) is 0 Å². The minimum Gasteiger partial charge on any atom is -0.483 e. The summed E-state index contributed by atoms with van der Waals surface area (Å²) in [6.07, 6.45) is 5.86. The fourth-order valence-corrected chi connectivity index (χ4v) is 3.92. The average molecular weight is 419 g/mol. The van der Waals surface area contributed by atoms with Gasteiger partial charge in [-0.25, -0.2) is 0 Å². The van der Waals surface area contributed by atoms with Crippen molar-refractivity contribution in [2.24, 2.45) is 5.92 Å². The van der Waals surface area contributed by atoms with Crippen molar-refractivity contribution in [2.75, 3.05) is 18.4 Å². The van der Waals surface area contributed by atoms with Crippen molar-refractivity contribution in [3.63, 3.8) is 0 Å². The highest BCUT2D eigenvalue weighted by Gasteiger charge is 2.22. The highest BCUT2D eigenvalue weighted by Crippen LogP contribution is 2.33. The maximum absolute atomic E-state index is 8.36. The van der Waals surface area contributed by atoms with Gasteiger partial charge in [-0.3, -0.25) is 4.79 Å². The van der Waals surface area contributed by atoms with Crippen LogP contribution in [0.5, 0.6) is 0 Å². The molecule has 0 fully saturated rings. The Morgan fingerprint density at radius 1 is 1.41 bits per heavy atom. The van der Waals surface area contributed by atoms with Gasteiger partial charge in [-0.1, -0.05) is 27.2 Å². The van der Waals surface area contributed by atoms with Gasteiger partial charge < -0.3 is 26.0 Å². The molecule has 1 heterocycles.